The van der Waals surface area contributed by atoms with E-state index in [1.54, 1.807) is 50.4 Å². The quantitative estimate of drug-likeness (QED) is 0.312. The molecule has 1 aliphatic heterocycles. The average Bonchev–Trinajstić information content (AvgIpc) is 3.46. The SMILES string of the molecule is CC(C)(O)c1ccnc(-c2cccc3cc(C(NS(=O)(=O)[C@H]4CCS(=O)(=O)C4)c4ccccc4Cl)sc23)c1. The number of aliphatic hydroxyl groups is 1. The zero-order valence-corrected chi connectivity index (χ0v) is 24.0. The number of fused-ring (bicyclic) bond motifs is 1. The number of hydrogen-bond acceptors (Lipinski definition) is 7. The van der Waals surface area contributed by atoms with Crippen LogP contribution in [0.3, 0.4) is 0 Å². The van der Waals surface area contributed by atoms with Crippen LogP contribution < -0.4 is 4.72 Å². The summed E-state index contributed by atoms with van der Waals surface area (Å²) in [6.45, 7) is 3.43. The Morgan fingerprint density at radius 3 is 2.58 bits per heavy atom. The molecule has 200 valence electrons. The van der Waals surface area contributed by atoms with Gasteiger partial charge in [-0.2, -0.15) is 0 Å². The highest BCUT2D eigenvalue weighted by Crippen LogP contribution is 2.40. The Hall–Kier alpha value is -2.34. The smallest absolute Gasteiger partial charge is 0.216 e. The number of sulfonamides is 1. The lowest BCUT2D eigenvalue weighted by molar-refractivity contribution is 0.0785. The van der Waals surface area contributed by atoms with Crippen molar-refractivity contribution in [3.63, 3.8) is 0 Å². The van der Waals surface area contributed by atoms with Crippen LogP contribution >= 0.6 is 22.9 Å². The number of aromatic nitrogens is 1. The van der Waals surface area contributed by atoms with Crippen molar-refractivity contribution in [3.05, 3.63) is 87.9 Å². The Bertz CT molecular complexity index is 1730. The fourth-order valence-electron chi connectivity index (χ4n) is 4.64. The Morgan fingerprint density at radius 1 is 1.13 bits per heavy atom. The molecule has 4 aromatic rings. The maximum absolute atomic E-state index is 13.4. The van der Waals surface area contributed by atoms with Gasteiger partial charge < -0.3 is 5.11 Å². The van der Waals surface area contributed by atoms with Crippen LogP contribution in [-0.4, -0.2) is 43.7 Å². The van der Waals surface area contributed by atoms with E-state index >= 15 is 0 Å². The number of nitrogens with zero attached hydrogens (tertiary/aromatic N) is 1. The van der Waals surface area contributed by atoms with Gasteiger partial charge in [-0.15, -0.1) is 11.3 Å². The molecule has 2 aromatic heterocycles. The minimum absolute atomic E-state index is 0.0622. The van der Waals surface area contributed by atoms with Gasteiger partial charge in [-0.25, -0.2) is 21.6 Å². The lowest BCUT2D eigenvalue weighted by Gasteiger charge is -2.21. The Kier molecular flexibility index (Phi) is 7.17. The third-order valence-corrected chi connectivity index (χ3v) is 12.1. The lowest BCUT2D eigenvalue weighted by atomic mass is 9.97. The molecule has 1 saturated heterocycles. The molecule has 3 heterocycles. The normalized spacial score (nSPS) is 18.6. The fourth-order valence-corrected chi connectivity index (χ4v) is 10.4. The van der Waals surface area contributed by atoms with E-state index in [1.165, 1.54) is 11.3 Å². The van der Waals surface area contributed by atoms with Gasteiger partial charge in [0.15, 0.2) is 9.84 Å². The second-order valence-corrected chi connectivity index (χ2v) is 15.7. The summed E-state index contributed by atoms with van der Waals surface area (Å²) >= 11 is 7.95. The van der Waals surface area contributed by atoms with Crippen LogP contribution in [0.15, 0.2) is 66.9 Å². The largest absolute Gasteiger partial charge is 0.386 e. The van der Waals surface area contributed by atoms with Gasteiger partial charge in [-0.3, -0.25) is 4.98 Å². The highest BCUT2D eigenvalue weighted by Gasteiger charge is 2.39. The molecular weight excluding hydrogens is 564 g/mol. The van der Waals surface area contributed by atoms with Crippen molar-refractivity contribution < 1.29 is 21.9 Å². The number of hydrogen-bond donors (Lipinski definition) is 2. The monoisotopic (exact) mass is 590 g/mol. The number of halogens is 1. The van der Waals surface area contributed by atoms with Gasteiger partial charge in [0.1, 0.15) is 0 Å². The number of thiophene rings is 1. The molecule has 7 nitrogen and oxygen atoms in total. The van der Waals surface area contributed by atoms with Crippen molar-refractivity contribution in [1.29, 1.82) is 0 Å². The van der Waals surface area contributed by atoms with E-state index in [1.807, 2.05) is 30.3 Å². The van der Waals surface area contributed by atoms with Crippen molar-refractivity contribution >= 4 is 52.9 Å². The molecule has 0 bridgehead atoms. The first-order valence-corrected chi connectivity index (χ1v) is 16.6. The van der Waals surface area contributed by atoms with E-state index in [0.29, 0.717) is 21.2 Å². The predicted octanol–water partition coefficient (Wildman–Crippen LogP) is 5.04. The third-order valence-electron chi connectivity index (χ3n) is 6.72. The van der Waals surface area contributed by atoms with E-state index in [-0.39, 0.29) is 12.2 Å². The van der Waals surface area contributed by atoms with Gasteiger partial charge >= 0.3 is 0 Å². The van der Waals surface area contributed by atoms with E-state index in [9.17, 15) is 21.9 Å². The van der Waals surface area contributed by atoms with Gasteiger partial charge in [0.25, 0.3) is 0 Å². The van der Waals surface area contributed by atoms with Gasteiger partial charge in [0.2, 0.25) is 10.0 Å². The second-order valence-electron chi connectivity index (χ2n) is 10.0. The summed E-state index contributed by atoms with van der Waals surface area (Å²) in [6, 6.07) is 17.5. The molecule has 1 fully saturated rings. The van der Waals surface area contributed by atoms with Gasteiger partial charge in [-0.1, -0.05) is 48.0 Å². The average molecular weight is 591 g/mol. The molecule has 2 N–H and O–H groups in total. The highest BCUT2D eigenvalue weighted by molar-refractivity contribution is 7.95. The van der Waals surface area contributed by atoms with E-state index < -0.39 is 42.5 Å². The molecule has 2 atom stereocenters. The van der Waals surface area contributed by atoms with Gasteiger partial charge in [-0.05, 0) is 61.0 Å². The summed E-state index contributed by atoms with van der Waals surface area (Å²) in [7, 11) is -7.38. The first kappa shape index (κ1) is 27.2. The standard InChI is InChI=1S/C27H27ClN2O5S3/c1-27(2,31)18-10-12-29-23(15-18)21-8-5-6-17-14-24(36-26(17)21)25(20-7-3-4-9-22(20)28)30-38(34,35)19-11-13-37(32,33)16-19/h3-10,12,14-15,19,25,30-31H,11,13,16H2,1-2H3/t19-,25?/m0/s1. The first-order chi connectivity index (χ1) is 17.8. The van der Waals surface area contributed by atoms with Crippen LogP contribution in [0.2, 0.25) is 5.02 Å². The summed E-state index contributed by atoms with van der Waals surface area (Å²) in [5.74, 6) is -0.532. The molecule has 2 aromatic carbocycles. The minimum atomic E-state index is -3.99. The molecule has 11 heteroatoms. The summed E-state index contributed by atoms with van der Waals surface area (Å²) in [5, 5.41) is 10.8. The molecule has 1 unspecified atom stereocenters. The lowest BCUT2D eigenvalue weighted by Crippen LogP contribution is -2.37. The molecular formula is C27H27ClN2O5S3. The second kappa shape index (κ2) is 10.0. The third kappa shape index (κ3) is 5.52. The number of rotatable bonds is 7. The maximum Gasteiger partial charge on any atom is 0.216 e. The number of nitrogens with one attached hydrogen (secondary N) is 1. The highest BCUT2D eigenvalue weighted by atomic mass is 35.5. The fraction of sp³-hybridized carbons (Fsp3) is 0.296. The van der Waals surface area contributed by atoms with Crippen LogP contribution in [0, 0.1) is 0 Å². The van der Waals surface area contributed by atoms with Crippen LogP contribution in [0.4, 0.5) is 0 Å². The molecule has 0 aliphatic carbocycles. The number of pyridine rings is 1. The van der Waals surface area contributed by atoms with E-state index in [2.05, 4.69) is 9.71 Å². The molecule has 1 aliphatic rings. The predicted molar refractivity (Wildman–Crippen MR) is 153 cm³/mol. The van der Waals surface area contributed by atoms with E-state index in [4.69, 9.17) is 11.6 Å². The summed E-state index contributed by atoms with van der Waals surface area (Å²) in [6.07, 6.45) is 1.72. The Balaban J connectivity index is 1.61. The Labute approximate surface area is 231 Å². The van der Waals surface area contributed by atoms with Crippen LogP contribution in [0.25, 0.3) is 21.3 Å². The molecule has 5 rings (SSSR count). The van der Waals surface area contributed by atoms with Crippen LogP contribution in [-0.2, 0) is 25.5 Å². The van der Waals surface area contributed by atoms with Crippen molar-refractivity contribution in [2.45, 2.75) is 37.2 Å². The van der Waals surface area contributed by atoms with Gasteiger partial charge in [0.05, 0.1) is 34.1 Å². The van der Waals surface area contributed by atoms with E-state index in [0.717, 1.165) is 21.2 Å². The van der Waals surface area contributed by atoms with Crippen LogP contribution in [0.5, 0.6) is 0 Å². The van der Waals surface area contributed by atoms with Crippen LogP contribution in [0.1, 0.15) is 42.3 Å². The summed E-state index contributed by atoms with van der Waals surface area (Å²) < 4.78 is 54.5. The molecule has 0 amide bonds. The zero-order valence-electron chi connectivity index (χ0n) is 20.8. The number of benzene rings is 2. The molecule has 0 spiro atoms. The van der Waals surface area contributed by atoms with Crippen molar-refractivity contribution in [1.82, 2.24) is 9.71 Å². The number of sulfone groups is 1. The minimum Gasteiger partial charge on any atom is -0.386 e. The maximum atomic E-state index is 13.4. The van der Waals surface area contributed by atoms with Crippen molar-refractivity contribution in [2.24, 2.45) is 0 Å². The zero-order chi connectivity index (χ0) is 27.3. The van der Waals surface area contributed by atoms with Crippen molar-refractivity contribution in [3.8, 4) is 11.3 Å². The van der Waals surface area contributed by atoms with Crippen molar-refractivity contribution in [2.75, 3.05) is 11.5 Å². The molecule has 0 radical (unpaired) electrons. The molecule has 0 saturated carbocycles. The first-order valence-electron chi connectivity index (χ1n) is 12.0. The molecule has 38 heavy (non-hydrogen) atoms. The Morgan fingerprint density at radius 2 is 1.89 bits per heavy atom. The summed E-state index contributed by atoms with van der Waals surface area (Å²) in [5.41, 5.74) is 1.81. The topological polar surface area (TPSA) is 113 Å². The van der Waals surface area contributed by atoms with Gasteiger partial charge in [0, 0.05) is 26.4 Å². The summed E-state index contributed by atoms with van der Waals surface area (Å²) in [4.78, 5) is 5.24.